The molecule has 0 spiro atoms. The van der Waals surface area contributed by atoms with Crippen molar-refractivity contribution >= 4 is 35.0 Å². The predicted molar refractivity (Wildman–Crippen MR) is 117 cm³/mol. The molecule has 0 saturated heterocycles. The highest BCUT2D eigenvalue weighted by atomic mass is 35.5. The van der Waals surface area contributed by atoms with Crippen LogP contribution in [0.1, 0.15) is 37.4 Å². The van der Waals surface area contributed by atoms with Crippen LogP contribution in [0.5, 0.6) is 0 Å². The minimum absolute atomic E-state index is 0.0992. The summed E-state index contributed by atoms with van der Waals surface area (Å²) < 4.78 is 4.87. The smallest absolute Gasteiger partial charge is 0.252 e. The fourth-order valence-corrected chi connectivity index (χ4v) is 3.20. The zero-order valence-electron chi connectivity index (χ0n) is 18.2. The Bertz CT molecular complexity index is 781. The maximum Gasteiger partial charge on any atom is 0.252 e. The number of alkyl halides is 1. The molecule has 3 amide bonds. The van der Waals surface area contributed by atoms with Crippen molar-refractivity contribution in [3.8, 4) is 0 Å². The van der Waals surface area contributed by atoms with E-state index >= 15 is 0 Å². The average Bonchev–Trinajstić information content (AvgIpc) is 2.76. The van der Waals surface area contributed by atoms with Crippen LogP contribution in [0.25, 0.3) is 0 Å². The molecule has 0 aliphatic carbocycles. The Morgan fingerprint density at radius 1 is 0.875 bits per heavy atom. The van der Waals surface area contributed by atoms with Gasteiger partial charge in [-0.05, 0) is 37.5 Å². The average molecular weight is 476 g/mol. The standard InChI is InChI=1S/C20H30ClN3O8/c1-10-16(19(30)22-4-13(27)6-25)11(2)18(24-15(29)8-32-9-21)12(3)17(10)20(31)23-5-14(28)7-26/h13-14,25-28H,4-9H2,1-3H3,(H,22,30)(H,23,31)(H,24,29). The van der Waals surface area contributed by atoms with Gasteiger partial charge in [-0.1, -0.05) is 11.6 Å². The Kier molecular flexibility index (Phi) is 11.5. The summed E-state index contributed by atoms with van der Waals surface area (Å²) in [5.41, 5.74) is 1.48. The third-order valence-electron chi connectivity index (χ3n) is 4.70. The number of anilines is 1. The van der Waals surface area contributed by atoms with Crippen LogP contribution in [0.15, 0.2) is 0 Å². The van der Waals surface area contributed by atoms with Crippen molar-refractivity contribution in [1.29, 1.82) is 0 Å². The molecule has 1 rings (SSSR count). The van der Waals surface area contributed by atoms with Gasteiger partial charge >= 0.3 is 0 Å². The number of hydrogen-bond acceptors (Lipinski definition) is 8. The number of hydrogen-bond donors (Lipinski definition) is 7. The van der Waals surface area contributed by atoms with Crippen molar-refractivity contribution in [3.63, 3.8) is 0 Å². The lowest BCUT2D eigenvalue weighted by atomic mass is 9.90. The van der Waals surface area contributed by atoms with E-state index in [-0.39, 0.29) is 42.6 Å². The van der Waals surface area contributed by atoms with Crippen LogP contribution in [0.2, 0.25) is 0 Å². The van der Waals surface area contributed by atoms with Crippen LogP contribution < -0.4 is 16.0 Å². The van der Waals surface area contributed by atoms with Gasteiger partial charge in [0.25, 0.3) is 11.8 Å². The quantitative estimate of drug-likeness (QED) is 0.187. The van der Waals surface area contributed by atoms with E-state index in [1.807, 2.05) is 0 Å². The first-order valence-electron chi connectivity index (χ1n) is 9.80. The molecule has 0 aromatic heterocycles. The lowest BCUT2D eigenvalue weighted by Gasteiger charge is -2.22. The fourth-order valence-electron chi connectivity index (χ4n) is 3.12. The van der Waals surface area contributed by atoms with E-state index in [0.29, 0.717) is 16.7 Å². The van der Waals surface area contributed by atoms with E-state index in [1.165, 1.54) is 0 Å². The summed E-state index contributed by atoms with van der Waals surface area (Å²) in [6.07, 6.45) is -2.33. The summed E-state index contributed by atoms with van der Waals surface area (Å²) in [6.45, 7) is 2.85. The van der Waals surface area contributed by atoms with Gasteiger partial charge in [0, 0.05) is 29.9 Å². The van der Waals surface area contributed by atoms with E-state index in [0.717, 1.165) is 0 Å². The lowest BCUT2D eigenvalue weighted by Crippen LogP contribution is -2.37. The number of aliphatic hydroxyl groups is 4. The number of nitrogens with one attached hydrogen (secondary N) is 3. The second-order valence-electron chi connectivity index (χ2n) is 7.10. The third kappa shape index (κ3) is 7.40. The summed E-state index contributed by atoms with van der Waals surface area (Å²) in [5, 5.41) is 44.6. The molecule has 0 heterocycles. The zero-order valence-corrected chi connectivity index (χ0v) is 19.0. The minimum Gasteiger partial charge on any atom is -0.394 e. The molecule has 180 valence electrons. The first kappa shape index (κ1) is 27.8. The highest BCUT2D eigenvalue weighted by molar-refractivity contribution is 6.17. The first-order chi connectivity index (χ1) is 15.1. The topological polar surface area (TPSA) is 177 Å². The van der Waals surface area contributed by atoms with Gasteiger partial charge < -0.3 is 41.1 Å². The van der Waals surface area contributed by atoms with Gasteiger partial charge in [-0.15, -0.1) is 0 Å². The van der Waals surface area contributed by atoms with Crippen molar-refractivity contribution in [2.24, 2.45) is 0 Å². The van der Waals surface area contributed by atoms with Gasteiger partial charge in [-0.2, -0.15) is 0 Å². The molecular formula is C20H30ClN3O8. The summed E-state index contributed by atoms with van der Waals surface area (Å²) in [5.74, 6) is -1.79. The molecule has 0 fully saturated rings. The molecule has 2 atom stereocenters. The van der Waals surface area contributed by atoms with Gasteiger partial charge in [0.05, 0.1) is 25.4 Å². The van der Waals surface area contributed by atoms with E-state index in [9.17, 15) is 24.6 Å². The van der Waals surface area contributed by atoms with Crippen LogP contribution in [0, 0.1) is 20.8 Å². The molecule has 2 unspecified atom stereocenters. The number of carbonyl (C=O) groups excluding carboxylic acids is 3. The monoisotopic (exact) mass is 475 g/mol. The van der Waals surface area contributed by atoms with Gasteiger partial charge in [-0.3, -0.25) is 14.4 Å². The number of ether oxygens (including phenoxy) is 1. The van der Waals surface area contributed by atoms with Crippen molar-refractivity contribution < 1.29 is 39.5 Å². The lowest BCUT2D eigenvalue weighted by molar-refractivity contribution is -0.119. The van der Waals surface area contributed by atoms with E-state index in [2.05, 4.69) is 16.0 Å². The molecular weight excluding hydrogens is 446 g/mol. The Hall–Kier alpha value is -2.28. The van der Waals surface area contributed by atoms with Gasteiger partial charge in [0.15, 0.2) is 0 Å². The van der Waals surface area contributed by atoms with Gasteiger partial charge in [0.1, 0.15) is 12.7 Å². The van der Waals surface area contributed by atoms with E-state index in [1.54, 1.807) is 20.8 Å². The van der Waals surface area contributed by atoms with Gasteiger partial charge in [-0.25, -0.2) is 0 Å². The molecule has 0 aliphatic heterocycles. The molecule has 11 nitrogen and oxygen atoms in total. The number of halogens is 1. The number of amides is 3. The fraction of sp³-hybridized carbons (Fsp3) is 0.550. The van der Waals surface area contributed by atoms with E-state index < -0.39 is 43.1 Å². The van der Waals surface area contributed by atoms with Crippen molar-refractivity contribution in [2.75, 3.05) is 44.3 Å². The highest BCUT2D eigenvalue weighted by Crippen LogP contribution is 2.31. The molecule has 1 aromatic carbocycles. The summed E-state index contributed by atoms with van der Waals surface area (Å²) >= 11 is 5.43. The van der Waals surface area contributed by atoms with Crippen LogP contribution >= 0.6 is 11.6 Å². The second kappa shape index (κ2) is 13.3. The number of rotatable bonds is 12. The van der Waals surface area contributed by atoms with Crippen LogP contribution in [-0.4, -0.2) is 89.3 Å². The molecule has 0 radical (unpaired) electrons. The predicted octanol–water partition coefficient (Wildman–Crippen LogP) is -1.07. The Morgan fingerprint density at radius 3 is 1.69 bits per heavy atom. The maximum absolute atomic E-state index is 12.9. The maximum atomic E-state index is 12.9. The Balaban J connectivity index is 3.46. The molecule has 1 aromatic rings. The SMILES string of the molecule is Cc1c(NC(=O)COCCl)c(C)c(C(=O)NCC(O)CO)c(C)c1C(=O)NCC(O)CO. The summed E-state index contributed by atoms with van der Waals surface area (Å²) in [7, 11) is 0. The van der Waals surface area contributed by atoms with Crippen molar-refractivity contribution in [1.82, 2.24) is 10.6 Å². The number of carbonyl (C=O) groups is 3. The van der Waals surface area contributed by atoms with Crippen molar-refractivity contribution in [2.45, 2.75) is 33.0 Å². The van der Waals surface area contributed by atoms with Crippen molar-refractivity contribution in [3.05, 3.63) is 27.8 Å². The molecule has 0 aliphatic rings. The van der Waals surface area contributed by atoms with Gasteiger partial charge in [0.2, 0.25) is 5.91 Å². The largest absolute Gasteiger partial charge is 0.394 e. The summed E-state index contributed by atoms with van der Waals surface area (Å²) in [4.78, 5) is 37.9. The van der Waals surface area contributed by atoms with Crippen LogP contribution in [0.3, 0.4) is 0 Å². The number of benzene rings is 1. The Morgan fingerprint density at radius 2 is 1.31 bits per heavy atom. The Labute approximate surface area is 190 Å². The zero-order chi connectivity index (χ0) is 24.4. The third-order valence-corrected chi connectivity index (χ3v) is 4.85. The van der Waals surface area contributed by atoms with Crippen LogP contribution in [-0.2, 0) is 9.53 Å². The molecule has 0 bridgehead atoms. The highest BCUT2D eigenvalue weighted by Gasteiger charge is 2.26. The molecule has 12 heteroatoms. The molecule has 32 heavy (non-hydrogen) atoms. The first-order valence-corrected chi connectivity index (χ1v) is 10.3. The molecule has 7 N–H and O–H groups in total. The van der Waals surface area contributed by atoms with E-state index in [4.69, 9.17) is 26.6 Å². The summed E-state index contributed by atoms with van der Waals surface area (Å²) in [6, 6.07) is -0.193. The normalized spacial score (nSPS) is 12.8. The molecule has 0 saturated carbocycles. The minimum atomic E-state index is -1.17. The number of aliphatic hydroxyl groups excluding tert-OH is 4. The van der Waals surface area contributed by atoms with Crippen LogP contribution in [0.4, 0.5) is 5.69 Å². The second-order valence-corrected chi connectivity index (χ2v) is 7.32.